The van der Waals surface area contributed by atoms with Crippen LogP contribution in [0.4, 0.5) is 4.39 Å². The Bertz CT molecular complexity index is 572. The summed E-state index contributed by atoms with van der Waals surface area (Å²) in [5, 5.41) is 6.76. The van der Waals surface area contributed by atoms with E-state index in [0.29, 0.717) is 12.6 Å². The molecule has 1 aromatic carbocycles. The molecule has 1 aliphatic rings. The van der Waals surface area contributed by atoms with Gasteiger partial charge in [-0.3, -0.25) is 9.89 Å². The Hall–Kier alpha value is -0.890. The van der Waals surface area contributed by atoms with Crippen LogP contribution in [-0.2, 0) is 5.41 Å². The van der Waals surface area contributed by atoms with E-state index in [0.717, 1.165) is 24.1 Å². The van der Waals surface area contributed by atoms with Crippen molar-refractivity contribution in [3.63, 3.8) is 0 Å². The third-order valence-electron chi connectivity index (χ3n) is 4.91. The minimum Gasteiger partial charge on any atom is -0.356 e. The number of likely N-dealkylation sites (N-methyl/N-ethyl adjacent to an activating group) is 1. The highest BCUT2D eigenvalue weighted by Gasteiger charge is 2.29. The fourth-order valence-corrected chi connectivity index (χ4v) is 2.77. The zero-order valence-corrected chi connectivity index (χ0v) is 18.3. The van der Waals surface area contributed by atoms with Gasteiger partial charge in [-0.15, -0.1) is 24.0 Å². The number of nitrogens with zero attached hydrogens (tertiary/aromatic N) is 2. The molecule has 1 saturated carbocycles. The van der Waals surface area contributed by atoms with Crippen LogP contribution in [0.1, 0.15) is 39.2 Å². The van der Waals surface area contributed by atoms with E-state index in [1.807, 2.05) is 6.07 Å². The van der Waals surface area contributed by atoms with Crippen molar-refractivity contribution in [3.05, 3.63) is 35.6 Å². The summed E-state index contributed by atoms with van der Waals surface area (Å²) in [6, 6.07) is 8.02. The molecule has 0 amide bonds. The van der Waals surface area contributed by atoms with Crippen LogP contribution >= 0.6 is 24.0 Å². The van der Waals surface area contributed by atoms with Crippen molar-refractivity contribution in [1.29, 1.82) is 0 Å². The number of hydrogen-bond acceptors (Lipinski definition) is 2. The fraction of sp³-hybridized carbons (Fsp3) is 0.632. The maximum absolute atomic E-state index is 13.5. The van der Waals surface area contributed by atoms with Crippen LogP contribution in [-0.4, -0.2) is 50.1 Å². The summed E-state index contributed by atoms with van der Waals surface area (Å²) in [5.74, 6) is 0.593. The zero-order chi connectivity index (χ0) is 17.7. The topological polar surface area (TPSA) is 39.7 Å². The molecule has 1 aliphatic carbocycles. The monoisotopic (exact) mass is 462 g/mol. The number of aliphatic imine (C=N–C) groups is 1. The van der Waals surface area contributed by atoms with Gasteiger partial charge in [0.05, 0.1) is 0 Å². The Morgan fingerprint density at radius 3 is 2.60 bits per heavy atom. The number of nitrogens with one attached hydrogen (secondary N) is 2. The Morgan fingerprint density at radius 2 is 2.04 bits per heavy atom. The molecule has 0 aromatic heterocycles. The Labute approximate surface area is 168 Å². The van der Waals surface area contributed by atoms with E-state index in [-0.39, 0.29) is 35.2 Å². The molecule has 0 aliphatic heterocycles. The van der Waals surface area contributed by atoms with Gasteiger partial charge in [-0.05, 0) is 44.5 Å². The molecular formula is C19H32FIN4. The summed E-state index contributed by atoms with van der Waals surface area (Å²) in [5.41, 5.74) is 0.795. The minimum absolute atomic E-state index is 0. The van der Waals surface area contributed by atoms with Crippen LogP contribution in [0.15, 0.2) is 29.3 Å². The van der Waals surface area contributed by atoms with Gasteiger partial charge in [0.15, 0.2) is 5.96 Å². The second-order valence-corrected chi connectivity index (χ2v) is 7.45. The van der Waals surface area contributed by atoms with Gasteiger partial charge in [-0.1, -0.05) is 26.0 Å². The van der Waals surface area contributed by atoms with E-state index in [9.17, 15) is 4.39 Å². The number of hydrogen-bond donors (Lipinski definition) is 2. The quantitative estimate of drug-likeness (QED) is 0.371. The van der Waals surface area contributed by atoms with Gasteiger partial charge in [0.25, 0.3) is 0 Å². The van der Waals surface area contributed by atoms with Crippen molar-refractivity contribution in [2.75, 3.05) is 27.2 Å². The molecule has 142 valence electrons. The van der Waals surface area contributed by atoms with Crippen molar-refractivity contribution in [2.45, 2.75) is 51.1 Å². The first-order valence-electron chi connectivity index (χ1n) is 8.76. The normalized spacial score (nSPS) is 16.4. The highest BCUT2D eigenvalue weighted by molar-refractivity contribution is 14.0. The lowest BCUT2D eigenvalue weighted by molar-refractivity contribution is 0.247. The SMILES string of the molecule is CN=C(NCC(C)N(C)C1CC1)NCC(C)(C)c1cccc(F)c1.I. The molecule has 25 heavy (non-hydrogen) atoms. The second kappa shape index (κ2) is 9.71. The molecule has 1 aromatic rings. The number of halogens is 2. The average Bonchev–Trinajstić information content (AvgIpc) is 3.39. The molecule has 0 spiro atoms. The lowest BCUT2D eigenvalue weighted by Crippen LogP contribution is -2.48. The largest absolute Gasteiger partial charge is 0.356 e. The highest BCUT2D eigenvalue weighted by Crippen LogP contribution is 2.26. The average molecular weight is 462 g/mol. The van der Waals surface area contributed by atoms with Crippen molar-refractivity contribution >= 4 is 29.9 Å². The number of benzene rings is 1. The molecule has 1 fully saturated rings. The lowest BCUT2D eigenvalue weighted by atomic mass is 9.84. The summed E-state index contributed by atoms with van der Waals surface area (Å²) >= 11 is 0. The van der Waals surface area contributed by atoms with Crippen LogP contribution in [0.5, 0.6) is 0 Å². The Balaban J connectivity index is 0.00000312. The van der Waals surface area contributed by atoms with Crippen molar-refractivity contribution in [1.82, 2.24) is 15.5 Å². The maximum Gasteiger partial charge on any atom is 0.191 e. The van der Waals surface area contributed by atoms with Crippen LogP contribution in [0, 0.1) is 5.82 Å². The van der Waals surface area contributed by atoms with E-state index in [4.69, 9.17) is 0 Å². The smallest absolute Gasteiger partial charge is 0.191 e. The van der Waals surface area contributed by atoms with Crippen molar-refractivity contribution in [2.24, 2.45) is 4.99 Å². The van der Waals surface area contributed by atoms with E-state index in [2.05, 4.69) is 48.3 Å². The maximum atomic E-state index is 13.5. The fourth-order valence-electron chi connectivity index (χ4n) is 2.77. The highest BCUT2D eigenvalue weighted by atomic mass is 127. The molecule has 2 N–H and O–H groups in total. The zero-order valence-electron chi connectivity index (χ0n) is 16.0. The standard InChI is InChI=1S/C19H31FN4.HI/c1-14(24(5)17-9-10-17)12-22-18(21-4)23-13-19(2,3)15-7-6-8-16(20)11-15;/h6-8,11,14,17H,9-10,12-13H2,1-5H3,(H2,21,22,23);1H. The lowest BCUT2D eigenvalue weighted by Gasteiger charge is -2.28. The van der Waals surface area contributed by atoms with Crippen LogP contribution in [0.3, 0.4) is 0 Å². The first-order chi connectivity index (χ1) is 11.3. The number of rotatable bonds is 7. The molecule has 0 radical (unpaired) electrons. The summed E-state index contributed by atoms with van der Waals surface area (Å²) in [6.45, 7) is 7.97. The van der Waals surface area contributed by atoms with Gasteiger partial charge >= 0.3 is 0 Å². The molecule has 2 rings (SSSR count). The van der Waals surface area contributed by atoms with Gasteiger partial charge in [0.1, 0.15) is 5.82 Å². The van der Waals surface area contributed by atoms with Crippen molar-refractivity contribution in [3.8, 4) is 0 Å². The third kappa shape index (κ3) is 6.73. The molecule has 0 bridgehead atoms. The molecule has 6 heteroatoms. The second-order valence-electron chi connectivity index (χ2n) is 7.45. The third-order valence-corrected chi connectivity index (χ3v) is 4.91. The summed E-state index contributed by atoms with van der Waals surface area (Å²) in [6.07, 6.45) is 2.63. The molecule has 0 heterocycles. The molecule has 0 saturated heterocycles. The van der Waals surface area contributed by atoms with Gasteiger partial charge in [-0.25, -0.2) is 4.39 Å². The van der Waals surface area contributed by atoms with Gasteiger partial charge < -0.3 is 10.6 Å². The molecule has 4 nitrogen and oxygen atoms in total. The van der Waals surface area contributed by atoms with Crippen LogP contribution in [0.2, 0.25) is 0 Å². The molecule has 1 unspecified atom stereocenters. The predicted octanol–water partition coefficient (Wildman–Crippen LogP) is 3.37. The molecular weight excluding hydrogens is 430 g/mol. The van der Waals surface area contributed by atoms with E-state index in [1.54, 1.807) is 19.2 Å². The summed E-state index contributed by atoms with van der Waals surface area (Å²) in [7, 11) is 3.97. The van der Waals surface area contributed by atoms with Gasteiger partial charge in [0.2, 0.25) is 0 Å². The van der Waals surface area contributed by atoms with Gasteiger partial charge in [0, 0.05) is 37.6 Å². The Morgan fingerprint density at radius 1 is 1.36 bits per heavy atom. The van der Waals surface area contributed by atoms with Crippen LogP contribution in [0.25, 0.3) is 0 Å². The predicted molar refractivity (Wildman–Crippen MR) is 114 cm³/mol. The molecule has 1 atom stereocenters. The van der Waals surface area contributed by atoms with Crippen molar-refractivity contribution < 1.29 is 4.39 Å². The first kappa shape index (κ1) is 22.2. The Kier molecular flexibility index (Phi) is 8.60. The van der Waals surface area contributed by atoms with E-state index >= 15 is 0 Å². The summed E-state index contributed by atoms with van der Waals surface area (Å²) in [4.78, 5) is 6.72. The van der Waals surface area contributed by atoms with E-state index in [1.165, 1.54) is 18.9 Å². The van der Waals surface area contributed by atoms with Crippen LogP contribution < -0.4 is 10.6 Å². The van der Waals surface area contributed by atoms with Gasteiger partial charge in [-0.2, -0.15) is 0 Å². The summed E-state index contributed by atoms with van der Waals surface area (Å²) < 4.78 is 13.5. The number of guanidine groups is 1. The van der Waals surface area contributed by atoms with E-state index < -0.39 is 0 Å². The first-order valence-corrected chi connectivity index (χ1v) is 8.76. The minimum atomic E-state index is -0.194.